The van der Waals surface area contributed by atoms with Crippen LogP contribution in [0.15, 0.2) is 35.4 Å². The van der Waals surface area contributed by atoms with Crippen molar-refractivity contribution in [3.63, 3.8) is 0 Å². The van der Waals surface area contributed by atoms with Crippen molar-refractivity contribution in [1.82, 2.24) is 9.29 Å². The van der Waals surface area contributed by atoms with Gasteiger partial charge in [0, 0.05) is 43.2 Å². The summed E-state index contributed by atoms with van der Waals surface area (Å²) in [6, 6.07) is 6.26. The van der Waals surface area contributed by atoms with Crippen LogP contribution >= 0.6 is 0 Å². The van der Waals surface area contributed by atoms with Gasteiger partial charge in [0.15, 0.2) is 0 Å². The minimum absolute atomic E-state index is 0.0396. The van der Waals surface area contributed by atoms with Gasteiger partial charge in [0.05, 0.1) is 27.4 Å². The van der Waals surface area contributed by atoms with E-state index >= 15 is 0 Å². The highest BCUT2D eigenvalue weighted by Crippen LogP contribution is 2.26. The second-order valence-electron chi connectivity index (χ2n) is 5.82. The van der Waals surface area contributed by atoms with E-state index in [9.17, 15) is 13.2 Å². The van der Waals surface area contributed by atoms with Gasteiger partial charge in [-0.05, 0) is 6.07 Å². The molecule has 1 aromatic heterocycles. The highest BCUT2D eigenvalue weighted by Gasteiger charge is 2.28. The Morgan fingerprint density at radius 1 is 1.11 bits per heavy atom. The maximum absolute atomic E-state index is 12.6. The van der Waals surface area contributed by atoms with Crippen LogP contribution in [-0.2, 0) is 14.8 Å². The number of amides is 1. The molecule has 0 unspecified atom stereocenters. The molecule has 1 aliphatic heterocycles. The average Bonchev–Trinajstić information content (AvgIpc) is 3.19. The van der Waals surface area contributed by atoms with E-state index < -0.39 is 15.9 Å². The van der Waals surface area contributed by atoms with E-state index in [4.69, 9.17) is 14.2 Å². The lowest BCUT2D eigenvalue weighted by atomic mass is 10.2. The van der Waals surface area contributed by atoms with Crippen molar-refractivity contribution >= 4 is 21.6 Å². The number of morpholine rings is 1. The monoisotopic (exact) mass is 395 g/mol. The van der Waals surface area contributed by atoms with Crippen LogP contribution < -0.4 is 14.8 Å². The van der Waals surface area contributed by atoms with E-state index in [1.54, 1.807) is 18.2 Å². The van der Waals surface area contributed by atoms with E-state index in [0.717, 1.165) is 0 Å². The van der Waals surface area contributed by atoms with Crippen LogP contribution in [0.3, 0.4) is 0 Å². The van der Waals surface area contributed by atoms with Crippen LogP contribution in [0.5, 0.6) is 11.5 Å². The highest BCUT2D eigenvalue weighted by atomic mass is 32.2. The van der Waals surface area contributed by atoms with E-state index in [0.29, 0.717) is 43.5 Å². The lowest BCUT2D eigenvalue weighted by Crippen LogP contribution is -2.40. The van der Waals surface area contributed by atoms with Crippen molar-refractivity contribution < 1.29 is 27.4 Å². The molecule has 0 bridgehead atoms. The van der Waals surface area contributed by atoms with Gasteiger partial charge in [-0.15, -0.1) is 0 Å². The number of sulfonamides is 1. The van der Waals surface area contributed by atoms with Gasteiger partial charge in [0.1, 0.15) is 22.1 Å². The van der Waals surface area contributed by atoms with Crippen LogP contribution in [0.2, 0.25) is 0 Å². The lowest BCUT2D eigenvalue weighted by molar-refractivity contribution is 0.0730. The number of ether oxygens (including phenoxy) is 3. The summed E-state index contributed by atoms with van der Waals surface area (Å²) in [5, 5.41) is 2.69. The maximum Gasteiger partial charge on any atom is 0.272 e. The number of hydrogen-bond acceptors (Lipinski definition) is 6. The minimum Gasteiger partial charge on any atom is -0.497 e. The third kappa shape index (κ3) is 4.24. The molecule has 2 heterocycles. The molecule has 1 aromatic carbocycles. The number of benzene rings is 1. The van der Waals surface area contributed by atoms with Crippen molar-refractivity contribution in [2.24, 2.45) is 0 Å². The van der Waals surface area contributed by atoms with Gasteiger partial charge in [-0.25, -0.2) is 8.42 Å². The Labute approximate surface area is 157 Å². The minimum atomic E-state index is -3.67. The molecule has 2 N–H and O–H groups in total. The Balaban J connectivity index is 1.77. The van der Waals surface area contributed by atoms with Crippen molar-refractivity contribution in [1.29, 1.82) is 0 Å². The Bertz CT molecular complexity index is 896. The Morgan fingerprint density at radius 2 is 1.74 bits per heavy atom. The van der Waals surface area contributed by atoms with Crippen molar-refractivity contribution in [2.75, 3.05) is 45.8 Å². The number of methoxy groups -OCH3 is 2. The average molecular weight is 395 g/mol. The highest BCUT2D eigenvalue weighted by molar-refractivity contribution is 7.89. The Kier molecular flexibility index (Phi) is 5.68. The zero-order valence-corrected chi connectivity index (χ0v) is 15.8. The lowest BCUT2D eigenvalue weighted by Gasteiger charge is -2.25. The first-order valence-electron chi connectivity index (χ1n) is 8.25. The number of aromatic nitrogens is 1. The molecule has 10 heteroatoms. The molecule has 1 fully saturated rings. The molecule has 1 aliphatic rings. The number of nitrogens with zero attached hydrogens (tertiary/aromatic N) is 1. The number of H-pyrrole nitrogens is 1. The first kappa shape index (κ1) is 19.2. The van der Waals surface area contributed by atoms with E-state index in [1.165, 1.54) is 30.8 Å². The maximum atomic E-state index is 12.6. The topological polar surface area (TPSA) is 110 Å². The summed E-state index contributed by atoms with van der Waals surface area (Å²) >= 11 is 0. The summed E-state index contributed by atoms with van der Waals surface area (Å²) in [5.74, 6) is 0.562. The van der Waals surface area contributed by atoms with Crippen LogP contribution in [-0.4, -0.2) is 64.1 Å². The summed E-state index contributed by atoms with van der Waals surface area (Å²) in [5.41, 5.74) is 0.590. The number of carbonyl (C=O) groups is 1. The summed E-state index contributed by atoms with van der Waals surface area (Å²) in [4.78, 5) is 15.2. The number of anilines is 1. The number of aromatic amines is 1. The van der Waals surface area contributed by atoms with Gasteiger partial charge < -0.3 is 24.5 Å². The van der Waals surface area contributed by atoms with Gasteiger partial charge in [-0.3, -0.25) is 4.79 Å². The smallest absolute Gasteiger partial charge is 0.272 e. The molecule has 27 heavy (non-hydrogen) atoms. The van der Waals surface area contributed by atoms with Crippen molar-refractivity contribution in [2.45, 2.75) is 4.90 Å². The van der Waals surface area contributed by atoms with E-state index in [1.807, 2.05) is 0 Å². The molecule has 0 spiro atoms. The predicted octanol–water partition coefficient (Wildman–Crippen LogP) is 1.31. The van der Waals surface area contributed by atoms with E-state index in [-0.39, 0.29) is 10.6 Å². The summed E-state index contributed by atoms with van der Waals surface area (Å²) in [6.07, 6.45) is 1.31. The third-order valence-corrected chi connectivity index (χ3v) is 5.99. The molecule has 0 atom stereocenters. The first-order chi connectivity index (χ1) is 12.9. The van der Waals surface area contributed by atoms with Gasteiger partial charge in [0.25, 0.3) is 5.91 Å². The fraction of sp³-hybridized carbons (Fsp3) is 0.353. The van der Waals surface area contributed by atoms with Gasteiger partial charge in [-0.1, -0.05) is 0 Å². The molecule has 0 saturated carbocycles. The van der Waals surface area contributed by atoms with Crippen LogP contribution in [0.1, 0.15) is 10.5 Å². The van der Waals surface area contributed by atoms with Crippen molar-refractivity contribution in [3.05, 3.63) is 36.2 Å². The molecule has 2 aromatic rings. The van der Waals surface area contributed by atoms with Crippen LogP contribution in [0.25, 0.3) is 0 Å². The fourth-order valence-electron chi connectivity index (χ4n) is 2.67. The zero-order valence-electron chi connectivity index (χ0n) is 15.0. The standard InChI is InChI=1S/C17H21N3O6S/c1-24-13-7-12(8-14(9-13)25-2)19-17(21)16-10-15(11-18-16)27(22,23)20-3-5-26-6-4-20/h7-11,18H,3-6H2,1-2H3,(H,19,21). The fourth-order valence-corrected chi connectivity index (χ4v) is 4.07. The van der Waals surface area contributed by atoms with Gasteiger partial charge in [0.2, 0.25) is 10.0 Å². The molecular formula is C17H21N3O6S. The number of hydrogen-bond donors (Lipinski definition) is 2. The summed E-state index contributed by atoms with van der Waals surface area (Å²) < 4.78 is 42.1. The number of rotatable bonds is 6. The van der Waals surface area contributed by atoms with Gasteiger partial charge >= 0.3 is 0 Å². The third-order valence-electron chi connectivity index (χ3n) is 4.12. The molecule has 1 amide bonds. The normalized spacial score (nSPS) is 15.3. The molecule has 0 aliphatic carbocycles. The Hall–Kier alpha value is -2.56. The van der Waals surface area contributed by atoms with Gasteiger partial charge in [-0.2, -0.15) is 4.31 Å². The quantitative estimate of drug-likeness (QED) is 0.763. The van der Waals surface area contributed by atoms with E-state index in [2.05, 4.69) is 10.3 Å². The molecule has 9 nitrogen and oxygen atoms in total. The second-order valence-corrected chi connectivity index (χ2v) is 7.76. The summed E-state index contributed by atoms with van der Waals surface area (Å²) in [6.45, 7) is 1.29. The number of nitrogens with one attached hydrogen (secondary N) is 2. The van der Waals surface area contributed by atoms with Crippen LogP contribution in [0.4, 0.5) is 5.69 Å². The Morgan fingerprint density at radius 3 is 2.33 bits per heavy atom. The van der Waals surface area contributed by atoms with Crippen molar-refractivity contribution in [3.8, 4) is 11.5 Å². The second kappa shape index (κ2) is 7.99. The molecule has 0 radical (unpaired) electrons. The predicted molar refractivity (Wildman–Crippen MR) is 97.9 cm³/mol. The molecule has 1 saturated heterocycles. The molecule has 3 rings (SSSR count). The SMILES string of the molecule is COc1cc(NC(=O)c2cc(S(=O)(=O)N3CCOCC3)c[nH]2)cc(OC)c1. The molecule has 146 valence electrons. The molecular weight excluding hydrogens is 374 g/mol. The van der Waals surface area contributed by atoms with Crippen LogP contribution in [0, 0.1) is 0 Å². The largest absolute Gasteiger partial charge is 0.497 e. The summed E-state index contributed by atoms with van der Waals surface area (Å²) in [7, 11) is -0.651. The number of carbonyl (C=O) groups excluding carboxylic acids is 1. The zero-order chi connectivity index (χ0) is 19.4. The first-order valence-corrected chi connectivity index (χ1v) is 9.69.